The summed E-state index contributed by atoms with van der Waals surface area (Å²) in [5.74, 6) is 4.50. The minimum Gasteiger partial charge on any atom is -0.309 e. The lowest BCUT2D eigenvalue weighted by molar-refractivity contribution is 0.610. The summed E-state index contributed by atoms with van der Waals surface area (Å²) in [6, 6.07) is 2.59. The Morgan fingerprint density at radius 3 is 3.13 bits per heavy atom. The van der Waals surface area contributed by atoms with Gasteiger partial charge in [-0.2, -0.15) is 0 Å². The van der Waals surface area contributed by atoms with Crippen molar-refractivity contribution in [3.8, 4) is 12.3 Å². The molecule has 1 rings (SSSR count). The predicted octanol–water partition coefficient (Wildman–Crippen LogP) is 3.53. The molecule has 0 fully saturated rings. The molecule has 1 N–H and O–H groups in total. The van der Waals surface area contributed by atoms with Crippen LogP contribution in [0.4, 0.5) is 0 Å². The van der Waals surface area contributed by atoms with Gasteiger partial charge in [0.1, 0.15) is 0 Å². The number of thioether (sulfide) groups is 1. The van der Waals surface area contributed by atoms with Gasteiger partial charge in [0.2, 0.25) is 0 Å². The summed E-state index contributed by atoms with van der Waals surface area (Å²) in [7, 11) is 0. The van der Waals surface area contributed by atoms with Crippen molar-refractivity contribution in [3.63, 3.8) is 0 Å². The Morgan fingerprint density at radius 2 is 2.53 bits per heavy atom. The fraction of sp³-hybridized carbons (Fsp3) is 0.455. The van der Waals surface area contributed by atoms with Gasteiger partial charge in [0.15, 0.2) is 0 Å². The van der Waals surface area contributed by atoms with Gasteiger partial charge in [-0.05, 0) is 28.9 Å². The molecule has 0 saturated heterocycles. The third-order valence-corrected chi connectivity index (χ3v) is 4.64. The maximum atomic E-state index is 5.17. The average Bonchev–Trinajstić information content (AvgIpc) is 2.64. The molecular formula is C11H14BrNS2. The molecule has 0 bridgehead atoms. The smallest absolute Gasteiger partial charge is 0.0545 e. The molecule has 4 heteroatoms. The van der Waals surface area contributed by atoms with Gasteiger partial charge in [0.05, 0.1) is 5.75 Å². The zero-order valence-electron chi connectivity index (χ0n) is 8.63. The largest absolute Gasteiger partial charge is 0.309 e. The number of nitrogens with one attached hydrogen (secondary N) is 1. The molecule has 0 aliphatic rings. The molecule has 0 radical (unpaired) electrons. The summed E-state index contributed by atoms with van der Waals surface area (Å²) in [4.78, 5) is 1.36. The monoisotopic (exact) mass is 303 g/mol. The maximum Gasteiger partial charge on any atom is 0.0545 e. The summed E-state index contributed by atoms with van der Waals surface area (Å²) >= 11 is 7.03. The van der Waals surface area contributed by atoms with E-state index in [1.807, 2.05) is 0 Å². The van der Waals surface area contributed by atoms with E-state index in [2.05, 4.69) is 45.5 Å². The highest BCUT2D eigenvalue weighted by Gasteiger charge is 2.06. The molecule has 0 aliphatic heterocycles. The van der Waals surface area contributed by atoms with Crippen molar-refractivity contribution in [2.75, 3.05) is 18.1 Å². The molecule has 15 heavy (non-hydrogen) atoms. The first-order valence-electron chi connectivity index (χ1n) is 4.72. The number of terminal acetylenes is 1. The van der Waals surface area contributed by atoms with Crippen molar-refractivity contribution in [1.29, 1.82) is 0 Å². The predicted molar refractivity (Wildman–Crippen MR) is 74.6 cm³/mol. The van der Waals surface area contributed by atoms with Gasteiger partial charge in [-0.1, -0.05) is 5.92 Å². The van der Waals surface area contributed by atoms with Crippen molar-refractivity contribution in [2.45, 2.75) is 13.0 Å². The lowest BCUT2D eigenvalue weighted by Gasteiger charge is -2.11. The number of hydrogen-bond donors (Lipinski definition) is 1. The van der Waals surface area contributed by atoms with Crippen LogP contribution in [0.15, 0.2) is 15.9 Å². The number of rotatable bonds is 6. The molecule has 0 aromatic carbocycles. The van der Waals surface area contributed by atoms with Crippen molar-refractivity contribution in [1.82, 2.24) is 5.32 Å². The van der Waals surface area contributed by atoms with Crippen LogP contribution in [0.5, 0.6) is 0 Å². The second kappa shape index (κ2) is 7.34. The Bertz CT molecular complexity index is 330. The van der Waals surface area contributed by atoms with Gasteiger partial charge in [-0.25, -0.2) is 0 Å². The normalized spacial score (nSPS) is 12.3. The number of halogens is 1. The highest BCUT2D eigenvalue weighted by Crippen LogP contribution is 2.25. The Balaban J connectivity index is 2.19. The van der Waals surface area contributed by atoms with Gasteiger partial charge >= 0.3 is 0 Å². The van der Waals surface area contributed by atoms with Crippen molar-refractivity contribution < 1.29 is 0 Å². The number of hydrogen-bond acceptors (Lipinski definition) is 3. The molecule has 0 aliphatic carbocycles. The second-order valence-electron chi connectivity index (χ2n) is 3.10. The quantitative estimate of drug-likeness (QED) is 0.637. The first-order valence-corrected chi connectivity index (χ1v) is 7.55. The average molecular weight is 304 g/mol. The Morgan fingerprint density at radius 1 is 1.73 bits per heavy atom. The highest BCUT2D eigenvalue weighted by atomic mass is 79.9. The summed E-state index contributed by atoms with van der Waals surface area (Å²) < 4.78 is 1.16. The van der Waals surface area contributed by atoms with Crippen LogP contribution in [-0.2, 0) is 0 Å². The Labute approximate surface area is 108 Å². The van der Waals surface area contributed by atoms with Crippen LogP contribution in [0.3, 0.4) is 0 Å². The minimum absolute atomic E-state index is 0.424. The zero-order valence-corrected chi connectivity index (χ0v) is 11.8. The lowest BCUT2D eigenvalue weighted by atomic mass is 10.3. The molecule has 1 aromatic heterocycles. The third-order valence-electron chi connectivity index (χ3n) is 1.90. The van der Waals surface area contributed by atoms with Crippen LogP contribution in [0.25, 0.3) is 0 Å². The molecule has 0 spiro atoms. The Kier molecular flexibility index (Phi) is 6.42. The van der Waals surface area contributed by atoms with Crippen LogP contribution in [-0.4, -0.2) is 18.1 Å². The first kappa shape index (κ1) is 13.1. The van der Waals surface area contributed by atoms with Gasteiger partial charge in [0.25, 0.3) is 0 Å². The minimum atomic E-state index is 0.424. The van der Waals surface area contributed by atoms with E-state index in [1.54, 1.807) is 23.1 Å². The molecular weight excluding hydrogens is 290 g/mol. The molecule has 1 aromatic rings. The van der Waals surface area contributed by atoms with E-state index in [9.17, 15) is 0 Å². The molecule has 1 heterocycles. The third kappa shape index (κ3) is 5.07. The number of thiophene rings is 1. The van der Waals surface area contributed by atoms with E-state index in [0.29, 0.717) is 6.04 Å². The summed E-state index contributed by atoms with van der Waals surface area (Å²) in [6.45, 7) is 3.19. The van der Waals surface area contributed by atoms with Gasteiger partial charge < -0.3 is 5.32 Å². The van der Waals surface area contributed by atoms with Gasteiger partial charge in [0, 0.05) is 33.1 Å². The standard InChI is InChI=1S/C11H14BrNS2/c1-3-5-14-6-4-13-9(2)11-7-10(12)8-15-11/h1,7-9,13H,4-6H2,2H3. The highest BCUT2D eigenvalue weighted by molar-refractivity contribution is 9.10. The van der Waals surface area contributed by atoms with Gasteiger partial charge in [-0.15, -0.1) is 29.5 Å². The van der Waals surface area contributed by atoms with Crippen LogP contribution < -0.4 is 5.32 Å². The second-order valence-corrected chi connectivity index (χ2v) is 6.06. The zero-order chi connectivity index (χ0) is 11.1. The van der Waals surface area contributed by atoms with E-state index < -0.39 is 0 Å². The van der Waals surface area contributed by atoms with Crippen LogP contribution in [0.1, 0.15) is 17.8 Å². The summed E-state index contributed by atoms with van der Waals surface area (Å²) in [6.07, 6.45) is 5.17. The van der Waals surface area contributed by atoms with Crippen LogP contribution in [0.2, 0.25) is 0 Å². The molecule has 1 nitrogen and oxygen atoms in total. The molecule has 0 amide bonds. The van der Waals surface area contributed by atoms with E-state index in [-0.39, 0.29) is 0 Å². The fourth-order valence-corrected chi connectivity index (χ4v) is 3.14. The van der Waals surface area contributed by atoms with E-state index in [0.717, 1.165) is 22.5 Å². The maximum absolute atomic E-state index is 5.17. The topological polar surface area (TPSA) is 12.0 Å². The molecule has 1 atom stereocenters. The van der Waals surface area contributed by atoms with E-state index in [4.69, 9.17) is 6.42 Å². The SMILES string of the molecule is C#CCSCCNC(C)c1cc(Br)cs1. The van der Waals surface area contributed by atoms with Gasteiger partial charge in [-0.3, -0.25) is 0 Å². The first-order chi connectivity index (χ1) is 7.24. The lowest BCUT2D eigenvalue weighted by Crippen LogP contribution is -2.20. The van der Waals surface area contributed by atoms with E-state index in [1.165, 1.54) is 4.88 Å². The van der Waals surface area contributed by atoms with Crippen molar-refractivity contribution in [2.24, 2.45) is 0 Å². The molecule has 1 unspecified atom stereocenters. The Hall–Kier alpha value is 0.0500. The fourth-order valence-electron chi connectivity index (χ4n) is 1.13. The molecule has 0 saturated carbocycles. The van der Waals surface area contributed by atoms with Crippen molar-refractivity contribution in [3.05, 3.63) is 20.8 Å². The van der Waals surface area contributed by atoms with Crippen LogP contribution in [0, 0.1) is 12.3 Å². The van der Waals surface area contributed by atoms with Crippen LogP contribution >= 0.6 is 39.0 Å². The van der Waals surface area contributed by atoms with Crippen molar-refractivity contribution >= 4 is 39.0 Å². The summed E-state index contributed by atoms with van der Waals surface area (Å²) in [5.41, 5.74) is 0. The summed E-state index contributed by atoms with van der Waals surface area (Å²) in [5, 5.41) is 5.58. The molecule has 82 valence electrons. The van der Waals surface area contributed by atoms with E-state index >= 15 is 0 Å².